The van der Waals surface area contributed by atoms with Crippen molar-refractivity contribution in [3.8, 4) is 0 Å². The lowest BCUT2D eigenvalue weighted by Crippen LogP contribution is -2.50. The topological polar surface area (TPSA) is 121 Å². The summed E-state index contributed by atoms with van der Waals surface area (Å²) in [5, 5.41) is 10.5. The molecule has 0 aliphatic carbocycles. The van der Waals surface area contributed by atoms with Crippen LogP contribution in [0.5, 0.6) is 0 Å². The number of nitrogens with zero attached hydrogens (tertiary/aromatic N) is 3. The number of nitrogens with one attached hydrogen (secondary N) is 3. The van der Waals surface area contributed by atoms with Crippen LogP contribution in [0.3, 0.4) is 0 Å². The van der Waals surface area contributed by atoms with E-state index in [2.05, 4.69) is 25.7 Å². The molecular formula is C17H18N6O3S. The van der Waals surface area contributed by atoms with E-state index < -0.39 is 5.91 Å². The number of rotatable bonds is 3. The van der Waals surface area contributed by atoms with Gasteiger partial charge in [0.15, 0.2) is 0 Å². The van der Waals surface area contributed by atoms with Crippen LogP contribution in [0.1, 0.15) is 45.6 Å². The maximum atomic E-state index is 12.7. The van der Waals surface area contributed by atoms with E-state index >= 15 is 0 Å². The lowest BCUT2D eigenvalue weighted by Gasteiger charge is -2.32. The summed E-state index contributed by atoms with van der Waals surface area (Å²) >= 11 is 1.52. The molecule has 3 N–H and O–H groups in total. The zero-order valence-electron chi connectivity index (χ0n) is 14.8. The fraction of sp³-hybridized carbons (Fsp3) is 0.353. The Labute approximate surface area is 157 Å². The first kappa shape index (κ1) is 17.4. The molecule has 0 unspecified atom stereocenters. The van der Waals surface area contributed by atoms with Gasteiger partial charge in [-0.1, -0.05) is 6.07 Å². The minimum Gasteiger partial charge on any atom is -0.346 e. The van der Waals surface area contributed by atoms with Crippen molar-refractivity contribution in [3.05, 3.63) is 49.8 Å². The van der Waals surface area contributed by atoms with E-state index in [1.807, 2.05) is 17.5 Å². The highest BCUT2D eigenvalue weighted by atomic mass is 32.1. The highest BCUT2D eigenvalue weighted by Crippen LogP contribution is 2.27. The number of piperidine rings is 1. The first-order valence-corrected chi connectivity index (χ1v) is 9.41. The SMILES string of the molecule is Cc1nc2nc(C(=O)N[C@@H]3CCC(=O)N[C@H]3c3cccs3)[nH]n2c(=O)c1C. The second-order valence-corrected chi connectivity index (χ2v) is 7.49. The molecule has 1 saturated heterocycles. The van der Waals surface area contributed by atoms with Gasteiger partial charge in [-0.3, -0.25) is 19.5 Å². The van der Waals surface area contributed by atoms with Crippen LogP contribution in [0, 0.1) is 13.8 Å². The van der Waals surface area contributed by atoms with Crippen LogP contribution in [-0.4, -0.2) is 37.4 Å². The predicted octanol–water partition coefficient (Wildman–Crippen LogP) is 0.846. The minimum atomic E-state index is -0.446. The Balaban J connectivity index is 1.61. The van der Waals surface area contributed by atoms with Crippen molar-refractivity contribution in [3.63, 3.8) is 0 Å². The van der Waals surface area contributed by atoms with E-state index in [4.69, 9.17) is 0 Å². The largest absolute Gasteiger partial charge is 0.346 e. The lowest BCUT2D eigenvalue weighted by molar-refractivity contribution is -0.123. The Hall–Kier alpha value is -3.01. The van der Waals surface area contributed by atoms with Crippen molar-refractivity contribution in [2.75, 3.05) is 0 Å². The third-order valence-corrected chi connectivity index (χ3v) is 5.70. The number of amides is 2. The number of H-pyrrole nitrogens is 1. The van der Waals surface area contributed by atoms with Gasteiger partial charge in [0.25, 0.3) is 17.2 Å². The summed E-state index contributed by atoms with van der Waals surface area (Å²) in [6.07, 6.45) is 0.864. The molecule has 4 heterocycles. The lowest BCUT2D eigenvalue weighted by atomic mass is 9.96. The van der Waals surface area contributed by atoms with Crippen LogP contribution >= 0.6 is 11.3 Å². The molecule has 0 radical (unpaired) electrons. The second-order valence-electron chi connectivity index (χ2n) is 6.51. The smallest absolute Gasteiger partial charge is 0.288 e. The van der Waals surface area contributed by atoms with E-state index in [-0.39, 0.29) is 35.2 Å². The monoisotopic (exact) mass is 386 g/mol. The fourth-order valence-electron chi connectivity index (χ4n) is 3.13. The van der Waals surface area contributed by atoms with Gasteiger partial charge in [-0.05, 0) is 31.7 Å². The zero-order valence-corrected chi connectivity index (χ0v) is 15.6. The summed E-state index contributed by atoms with van der Waals surface area (Å²) in [6, 6.07) is 3.28. The number of hydrogen-bond donors (Lipinski definition) is 3. The van der Waals surface area contributed by atoms with Crippen LogP contribution in [0.4, 0.5) is 0 Å². The normalized spacial score (nSPS) is 19.9. The molecule has 0 aromatic carbocycles. The van der Waals surface area contributed by atoms with E-state index in [0.717, 1.165) is 9.39 Å². The summed E-state index contributed by atoms with van der Waals surface area (Å²) in [5.74, 6) is -0.325. The van der Waals surface area contributed by atoms with Gasteiger partial charge in [0, 0.05) is 22.6 Å². The summed E-state index contributed by atoms with van der Waals surface area (Å²) in [5.41, 5.74) is 0.785. The number of fused-ring (bicyclic) bond motifs is 1. The van der Waals surface area contributed by atoms with Gasteiger partial charge in [-0.2, -0.15) is 9.50 Å². The number of aromatic amines is 1. The van der Waals surface area contributed by atoms with Gasteiger partial charge in [0.1, 0.15) is 0 Å². The number of aromatic nitrogens is 4. The highest BCUT2D eigenvalue weighted by Gasteiger charge is 2.32. The molecule has 140 valence electrons. The van der Waals surface area contributed by atoms with E-state index in [9.17, 15) is 14.4 Å². The maximum Gasteiger partial charge on any atom is 0.288 e. The zero-order chi connectivity index (χ0) is 19.1. The second kappa shape index (κ2) is 6.62. The number of carbonyl (C=O) groups is 2. The third-order valence-electron chi connectivity index (χ3n) is 4.75. The van der Waals surface area contributed by atoms with Gasteiger partial charge in [-0.25, -0.2) is 4.98 Å². The molecule has 2 amide bonds. The molecule has 10 heteroatoms. The van der Waals surface area contributed by atoms with Gasteiger partial charge in [-0.15, -0.1) is 11.3 Å². The molecular weight excluding hydrogens is 368 g/mol. The average Bonchev–Trinajstić information content (AvgIpc) is 3.31. The fourth-order valence-corrected chi connectivity index (χ4v) is 3.98. The molecule has 1 aliphatic rings. The summed E-state index contributed by atoms with van der Waals surface area (Å²) < 4.78 is 1.16. The molecule has 27 heavy (non-hydrogen) atoms. The van der Waals surface area contributed by atoms with Crippen molar-refractivity contribution in [1.29, 1.82) is 0 Å². The third kappa shape index (κ3) is 3.12. The Morgan fingerprint density at radius 2 is 2.15 bits per heavy atom. The van der Waals surface area contributed by atoms with Crippen molar-refractivity contribution in [2.24, 2.45) is 0 Å². The van der Waals surface area contributed by atoms with Crippen molar-refractivity contribution in [2.45, 2.75) is 38.8 Å². The van der Waals surface area contributed by atoms with Crippen LogP contribution < -0.4 is 16.2 Å². The van der Waals surface area contributed by atoms with Crippen LogP contribution in [0.15, 0.2) is 22.3 Å². The standard InChI is InChI=1S/C17H18N6O3S/c1-8-9(2)18-17-21-14(22-23(17)16(8)26)15(25)19-10-5-6-12(24)20-13(10)11-4-3-7-27-11/h3-4,7,10,13H,5-6H2,1-2H3,(H,19,25)(H,20,24)(H,18,21,22)/t10-,13-/m1/s1. The van der Waals surface area contributed by atoms with Crippen LogP contribution in [-0.2, 0) is 4.79 Å². The van der Waals surface area contributed by atoms with Crippen LogP contribution in [0.2, 0.25) is 0 Å². The number of carbonyl (C=O) groups excluding carboxylic acids is 2. The quantitative estimate of drug-likeness (QED) is 0.616. The Bertz CT molecular complexity index is 1080. The average molecular weight is 386 g/mol. The molecule has 0 saturated carbocycles. The summed E-state index contributed by atoms with van der Waals surface area (Å²) in [4.78, 5) is 46.2. The van der Waals surface area contributed by atoms with Gasteiger partial charge >= 0.3 is 0 Å². The van der Waals surface area contributed by atoms with Crippen molar-refractivity contribution < 1.29 is 9.59 Å². The minimum absolute atomic E-state index is 0.00595. The first-order chi connectivity index (χ1) is 12.9. The van der Waals surface area contributed by atoms with Gasteiger partial charge in [0.2, 0.25) is 11.7 Å². The highest BCUT2D eigenvalue weighted by molar-refractivity contribution is 7.10. The Morgan fingerprint density at radius 1 is 1.33 bits per heavy atom. The molecule has 1 aliphatic heterocycles. The Morgan fingerprint density at radius 3 is 2.89 bits per heavy atom. The molecule has 2 atom stereocenters. The summed E-state index contributed by atoms with van der Waals surface area (Å²) in [6.45, 7) is 3.40. The molecule has 4 rings (SSSR count). The first-order valence-electron chi connectivity index (χ1n) is 8.53. The van der Waals surface area contributed by atoms with Gasteiger partial charge in [0.05, 0.1) is 12.1 Å². The van der Waals surface area contributed by atoms with E-state index in [1.54, 1.807) is 13.8 Å². The molecule has 0 spiro atoms. The Kier molecular flexibility index (Phi) is 4.27. The predicted molar refractivity (Wildman–Crippen MR) is 98.8 cm³/mol. The van der Waals surface area contributed by atoms with Crippen LogP contribution in [0.25, 0.3) is 5.78 Å². The molecule has 9 nitrogen and oxygen atoms in total. The number of hydrogen-bond acceptors (Lipinski definition) is 6. The number of aryl methyl sites for hydroxylation is 1. The molecule has 0 bridgehead atoms. The number of thiophene rings is 1. The molecule has 1 fully saturated rings. The van der Waals surface area contributed by atoms with E-state index in [0.29, 0.717) is 24.1 Å². The van der Waals surface area contributed by atoms with Gasteiger partial charge < -0.3 is 10.6 Å². The van der Waals surface area contributed by atoms with E-state index in [1.165, 1.54) is 11.3 Å². The maximum absolute atomic E-state index is 12.7. The molecule has 3 aromatic heterocycles. The molecule has 3 aromatic rings. The summed E-state index contributed by atoms with van der Waals surface area (Å²) in [7, 11) is 0. The van der Waals surface area contributed by atoms with Crippen molar-refractivity contribution in [1.82, 2.24) is 30.2 Å². The van der Waals surface area contributed by atoms with Crippen molar-refractivity contribution >= 4 is 28.9 Å².